The first-order chi connectivity index (χ1) is 10.8. The highest BCUT2D eigenvalue weighted by molar-refractivity contribution is 7.21. The molecule has 0 spiro atoms. The largest absolute Gasteiger partial charge is 0.406 e. The van der Waals surface area contributed by atoms with Crippen LogP contribution < -0.4 is 0 Å². The molecular formula is C16H15ClF3NOS. The molecule has 3 rings (SSSR count). The van der Waals surface area contributed by atoms with Gasteiger partial charge in [0.2, 0.25) is 0 Å². The van der Waals surface area contributed by atoms with Crippen molar-refractivity contribution >= 4 is 38.9 Å². The van der Waals surface area contributed by atoms with E-state index in [-0.39, 0.29) is 15.8 Å². The van der Waals surface area contributed by atoms with Gasteiger partial charge >= 0.3 is 6.18 Å². The first-order valence-electron chi connectivity index (χ1n) is 7.32. The highest BCUT2D eigenvalue weighted by Gasteiger charge is 2.41. The van der Waals surface area contributed by atoms with Crippen LogP contribution in [0.25, 0.3) is 10.1 Å². The van der Waals surface area contributed by atoms with E-state index in [0.717, 1.165) is 33.8 Å². The molecule has 2 aromatic rings. The lowest BCUT2D eigenvalue weighted by molar-refractivity contribution is -0.144. The van der Waals surface area contributed by atoms with Crippen molar-refractivity contribution in [2.45, 2.75) is 32.0 Å². The molecule has 2 nitrogen and oxygen atoms in total. The molecule has 1 atom stereocenters. The van der Waals surface area contributed by atoms with Crippen LogP contribution in [0.15, 0.2) is 24.3 Å². The van der Waals surface area contributed by atoms with Crippen molar-refractivity contribution in [3.63, 3.8) is 0 Å². The Labute approximate surface area is 140 Å². The highest BCUT2D eigenvalue weighted by atomic mass is 35.5. The summed E-state index contributed by atoms with van der Waals surface area (Å²) in [5.74, 6) is -0.484. The number of amides is 1. The van der Waals surface area contributed by atoms with E-state index in [0.29, 0.717) is 5.39 Å². The fourth-order valence-electron chi connectivity index (χ4n) is 2.71. The third-order valence-electron chi connectivity index (χ3n) is 4.14. The normalized spacial score (nSPS) is 16.6. The summed E-state index contributed by atoms with van der Waals surface area (Å²) >= 11 is 7.39. The minimum atomic E-state index is -4.43. The molecule has 7 heteroatoms. The zero-order chi connectivity index (χ0) is 16.8. The summed E-state index contributed by atoms with van der Waals surface area (Å²) < 4.78 is 39.5. The minimum Gasteiger partial charge on any atom is -0.326 e. The lowest BCUT2D eigenvalue weighted by Gasteiger charge is -2.30. The van der Waals surface area contributed by atoms with Crippen LogP contribution in [0.4, 0.5) is 13.2 Å². The van der Waals surface area contributed by atoms with Crippen molar-refractivity contribution in [3.05, 3.63) is 34.2 Å². The maximum atomic E-state index is 12.9. The van der Waals surface area contributed by atoms with Crippen LogP contribution in [0.5, 0.6) is 0 Å². The number of carbonyl (C=O) groups is 1. The van der Waals surface area contributed by atoms with Gasteiger partial charge in [-0.2, -0.15) is 13.2 Å². The molecule has 23 heavy (non-hydrogen) atoms. The number of rotatable bonds is 4. The van der Waals surface area contributed by atoms with E-state index in [4.69, 9.17) is 11.6 Å². The van der Waals surface area contributed by atoms with E-state index < -0.39 is 24.7 Å². The molecule has 0 radical (unpaired) electrons. The summed E-state index contributed by atoms with van der Waals surface area (Å²) in [6.07, 6.45) is -2.70. The number of alkyl halides is 3. The van der Waals surface area contributed by atoms with Gasteiger partial charge in [0, 0.05) is 16.1 Å². The molecular weight excluding hydrogens is 347 g/mol. The van der Waals surface area contributed by atoms with Gasteiger partial charge in [-0.05, 0) is 31.7 Å². The van der Waals surface area contributed by atoms with E-state index in [1.807, 2.05) is 6.07 Å². The zero-order valence-electron chi connectivity index (χ0n) is 12.4. The number of benzene rings is 1. The molecule has 1 aliphatic rings. The summed E-state index contributed by atoms with van der Waals surface area (Å²) in [5.41, 5.74) is 0. The first-order valence-corrected chi connectivity index (χ1v) is 8.52. The van der Waals surface area contributed by atoms with Gasteiger partial charge in [-0.3, -0.25) is 4.79 Å². The molecule has 1 aliphatic carbocycles. The van der Waals surface area contributed by atoms with Crippen LogP contribution in [0.2, 0.25) is 5.02 Å². The maximum absolute atomic E-state index is 12.9. The van der Waals surface area contributed by atoms with E-state index in [1.54, 1.807) is 25.1 Å². The number of carbonyl (C=O) groups excluding carboxylic acids is 1. The average Bonchev–Trinajstić information content (AvgIpc) is 3.28. The first kappa shape index (κ1) is 16.6. The van der Waals surface area contributed by atoms with E-state index in [1.165, 1.54) is 0 Å². The van der Waals surface area contributed by atoms with Crippen molar-refractivity contribution in [1.29, 1.82) is 0 Å². The molecule has 0 aliphatic heterocycles. The van der Waals surface area contributed by atoms with Gasteiger partial charge < -0.3 is 4.90 Å². The molecule has 1 fully saturated rings. The van der Waals surface area contributed by atoms with Crippen LogP contribution in [0, 0.1) is 5.92 Å². The van der Waals surface area contributed by atoms with E-state index >= 15 is 0 Å². The van der Waals surface area contributed by atoms with Crippen molar-refractivity contribution < 1.29 is 18.0 Å². The Bertz CT molecular complexity index is 738. The summed E-state index contributed by atoms with van der Waals surface area (Å²) in [4.78, 5) is 13.8. The Kier molecular flexibility index (Phi) is 4.31. The number of fused-ring (bicyclic) bond motifs is 1. The lowest BCUT2D eigenvalue weighted by atomic mass is 10.1. The van der Waals surface area contributed by atoms with Crippen molar-refractivity contribution in [2.24, 2.45) is 5.92 Å². The fraction of sp³-hybridized carbons (Fsp3) is 0.438. The highest BCUT2D eigenvalue weighted by Crippen LogP contribution is 2.40. The second-order valence-corrected chi connectivity index (χ2v) is 7.30. The quantitative estimate of drug-likeness (QED) is 0.718. The van der Waals surface area contributed by atoms with Gasteiger partial charge in [-0.1, -0.05) is 29.8 Å². The summed E-state index contributed by atoms with van der Waals surface area (Å²) in [6, 6.07) is 6.73. The molecule has 0 saturated heterocycles. The summed E-state index contributed by atoms with van der Waals surface area (Å²) in [5, 5.41) is 0.944. The third-order valence-corrected chi connectivity index (χ3v) is 5.80. The van der Waals surface area contributed by atoms with Gasteiger partial charge in [0.15, 0.2) is 0 Å². The smallest absolute Gasteiger partial charge is 0.326 e. The van der Waals surface area contributed by atoms with Crippen LogP contribution in [0.3, 0.4) is 0 Å². The molecule has 1 aromatic carbocycles. The molecule has 1 heterocycles. The predicted molar refractivity (Wildman–Crippen MR) is 86.1 cm³/mol. The van der Waals surface area contributed by atoms with E-state index in [2.05, 4.69) is 0 Å². The Morgan fingerprint density at radius 1 is 1.39 bits per heavy atom. The molecule has 1 amide bonds. The zero-order valence-corrected chi connectivity index (χ0v) is 13.9. The SMILES string of the molecule is C[C@@H](C1CC1)N(CC(F)(F)F)C(=O)c1sc2ccccc2c1Cl. The topological polar surface area (TPSA) is 20.3 Å². The minimum absolute atomic E-state index is 0.148. The fourth-order valence-corrected chi connectivity index (χ4v) is 4.18. The van der Waals surface area contributed by atoms with Crippen molar-refractivity contribution in [1.82, 2.24) is 4.90 Å². The van der Waals surface area contributed by atoms with Crippen LogP contribution in [-0.4, -0.2) is 29.6 Å². The monoisotopic (exact) mass is 361 g/mol. The van der Waals surface area contributed by atoms with Gasteiger partial charge in [0.1, 0.15) is 11.4 Å². The molecule has 0 bridgehead atoms. The Morgan fingerprint density at radius 2 is 2.04 bits per heavy atom. The van der Waals surface area contributed by atoms with E-state index in [9.17, 15) is 18.0 Å². The summed E-state index contributed by atoms with van der Waals surface area (Å²) in [6.45, 7) is 0.441. The Balaban J connectivity index is 1.96. The van der Waals surface area contributed by atoms with Crippen LogP contribution in [0.1, 0.15) is 29.4 Å². The van der Waals surface area contributed by atoms with Crippen LogP contribution >= 0.6 is 22.9 Å². The third kappa shape index (κ3) is 3.48. The second-order valence-electron chi connectivity index (χ2n) is 5.87. The second kappa shape index (κ2) is 5.98. The number of thiophene rings is 1. The van der Waals surface area contributed by atoms with Gasteiger partial charge in [-0.15, -0.1) is 11.3 Å². The van der Waals surface area contributed by atoms with Crippen molar-refractivity contribution in [2.75, 3.05) is 6.54 Å². The molecule has 1 saturated carbocycles. The molecule has 0 unspecified atom stereocenters. The molecule has 124 valence electrons. The predicted octanol–water partition coefficient (Wildman–Crippen LogP) is 5.36. The number of hydrogen-bond acceptors (Lipinski definition) is 2. The Morgan fingerprint density at radius 3 is 2.61 bits per heavy atom. The molecule has 1 aromatic heterocycles. The number of halogens is 4. The van der Waals surface area contributed by atoms with Gasteiger partial charge in [0.05, 0.1) is 5.02 Å². The number of hydrogen-bond donors (Lipinski definition) is 0. The Hall–Kier alpha value is -1.27. The number of nitrogens with zero attached hydrogens (tertiary/aromatic N) is 1. The average molecular weight is 362 g/mol. The van der Waals surface area contributed by atoms with Gasteiger partial charge in [0.25, 0.3) is 5.91 Å². The maximum Gasteiger partial charge on any atom is 0.406 e. The van der Waals surface area contributed by atoms with Crippen molar-refractivity contribution in [3.8, 4) is 0 Å². The molecule has 0 N–H and O–H groups in total. The lowest BCUT2D eigenvalue weighted by Crippen LogP contribution is -2.45. The standard InChI is InChI=1S/C16H15ClF3NOS/c1-9(10-6-7-10)21(8-16(18,19)20)15(22)14-13(17)11-4-2-3-5-12(11)23-14/h2-5,9-10H,6-8H2,1H3/t9-/m0/s1. The summed E-state index contributed by atoms with van der Waals surface area (Å²) in [7, 11) is 0. The van der Waals surface area contributed by atoms with Crippen LogP contribution in [-0.2, 0) is 0 Å². The van der Waals surface area contributed by atoms with Gasteiger partial charge in [-0.25, -0.2) is 0 Å².